The quantitative estimate of drug-likeness (QED) is 0.810. The standard InChI is InChI=1S/C12H13BrFO/c1-3-7-6-9(7)8-4-5-10(13)12(15-2)11(8)14/h4-7,9H,3H2,1-2H3. The lowest BCUT2D eigenvalue weighted by atomic mass is 10.1. The molecule has 2 atom stereocenters. The summed E-state index contributed by atoms with van der Waals surface area (Å²) in [6, 6.07) is 3.68. The Kier molecular flexibility index (Phi) is 3.01. The third-order valence-electron chi connectivity index (χ3n) is 2.89. The molecule has 81 valence electrons. The zero-order valence-corrected chi connectivity index (χ0v) is 10.3. The van der Waals surface area contributed by atoms with Crippen LogP contribution in [0.5, 0.6) is 5.75 Å². The topological polar surface area (TPSA) is 9.23 Å². The minimum absolute atomic E-state index is 0.232. The van der Waals surface area contributed by atoms with Crippen LogP contribution in [0.2, 0.25) is 0 Å². The summed E-state index contributed by atoms with van der Waals surface area (Å²) < 4.78 is 19.7. The van der Waals surface area contributed by atoms with Crippen molar-refractivity contribution in [3.8, 4) is 5.75 Å². The lowest BCUT2D eigenvalue weighted by Gasteiger charge is -2.08. The number of benzene rings is 1. The van der Waals surface area contributed by atoms with Crippen LogP contribution in [-0.4, -0.2) is 7.11 Å². The molecule has 0 spiro atoms. The van der Waals surface area contributed by atoms with Gasteiger partial charge in [-0.25, -0.2) is 4.39 Å². The van der Waals surface area contributed by atoms with Gasteiger partial charge in [-0.3, -0.25) is 0 Å². The Hall–Kier alpha value is -0.570. The van der Waals surface area contributed by atoms with Crippen molar-refractivity contribution in [1.82, 2.24) is 0 Å². The molecular weight excluding hydrogens is 259 g/mol. The van der Waals surface area contributed by atoms with E-state index in [-0.39, 0.29) is 11.7 Å². The zero-order chi connectivity index (χ0) is 11.0. The van der Waals surface area contributed by atoms with Crippen molar-refractivity contribution >= 4 is 15.9 Å². The molecule has 3 heteroatoms. The van der Waals surface area contributed by atoms with Crippen molar-refractivity contribution < 1.29 is 9.13 Å². The Morgan fingerprint density at radius 3 is 2.73 bits per heavy atom. The van der Waals surface area contributed by atoms with Crippen LogP contribution in [0.15, 0.2) is 16.6 Å². The first-order chi connectivity index (χ1) is 7.19. The van der Waals surface area contributed by atoms with Gasteiger partial charge >= 0.3 is 0 Å². The molecule has 1 aromatic carbocycles. The van der Waals surface area contributed by atoms with Crippen molar-refractivity contribution in [3.63, 3.8) is 0 Å². The molecule has 0 amide bonds. The average Bonchev–Trinajstić information content (AvgIpc) is 2.98. The van der Waals surface area contributed by atoms with Crippen LogP contribution in [0, 0.1) is 18.2 Å². The number of halogens is 2. The minimum atomic E-state index is -0.232. The van der Waals surface area contributed by atoms with Crippen molar-refractivity contribution in [3.05, 3.63) is 34.4 Å². The Balaban J connectivity index is 2.34. The van der Waals surface area contributed by atoms with Crippen LogP contribution >= 0.6 is 15.9 Å². The van der Waals surface area contributed by atoms with Crippen molar-refractivity contribution in [2.45, 2.75) is 19.3 Å². The van der Waals surface area contributed by atoms with Crippen molar-refractivity contribution in [2.75, 3.05) is 7.11 Å². The molecule has 0 aliphatic heterocycles. The highest BCUT2D eigenvalue weighted by molar-refractivity contribution is 9.10. The van der Waals surface area contributed by atoms with E-state index in [1.807, 2.05) is 12.1 Å². The van der Waals surface area contributed by atoms with Crippen LogP contribution < -0.4 is 4.74 Å². The molecule has 0 saturated heterocycles. The van der Waals surface area contributed by atoms with E-state index in [9.17, 15) is 4.39 Å². The first-order valence-corrected chi connectivity index (χ1v) is 5.85. The SMILES string of the molecule is CCC1[CH]C1c1ccc(Br)c(OC)c1F. The van der Waals surface area contributed by atoms with Crippen LogP contribution in [-0.2, 0) is 0 Å². The molecule has 1 aliphatic rings. The van der Waals surface area contributed by atoms with Gasteiger partial charge in [-0.1, -0.05) is 19.4 Å². The summed E-state index contributed by atoms with van der Waals surface area (Å²) in [4.78, 5) is 0. The van der Waals surface area contributed by atoms with Gasteiger partial charge in [0.15, 0.2) is 11.6 Å². The van der Waals surface area contributed by atoms with Crippen LogP contribution in [0.4, 0.5) is 4.39 Å². The van der Waals surface area contributed by atoms with E-state index in [2.05, 4.69) is 29.3 Å². The number of hydrogen-bond acceptors (Lipinski definition) is 1. The van der Waals surface area contributed by atoms with E-state index < -0.39 is 0 Å². The Morgan fingerprint density at radius 1 is 1.47 bits per heavy atom. The molecule has 1 radical (unpaired) electrons. The highest BCUT2D eigenvalue weighted by Crippen LogP contribution is 2.50. The fourth-order valence-electron chi connectivity index (χ4n) is 1.92. The van der Waals surface area contributed by atoms with Crippen LogP contribution in [0.25, 0.3) is 0 Å². The molecule has 1 fully saturated rings. The summed E-state index contributed by atoms with van der Waals surface area (Å²) in [6.45, 7) is 2.12. The molecule has 1 nitrogen and oxygen atoms in total. The van der Waals surface area contributed by atoms with Crippen molar-refractivity contribution in [1.29, 1.82) is 0 Å². The first kappa shape index (κ1) is 10.9. The average molecular weight is 272 g/mol. The second-order valence-electron chi connectivity index (χ2n) is 3.77. The fourth-order valence-corrected chi connectivity index (χ4v) is 2.39. The lowest BCUT2D eigenvalue weighted by Crippen LogP contribution is -1.95. The molecule has 2 rings (SSSR count). The predicted molar refractivity (Wildman–Crippen MR) is 61.5 cm³/mol. The second kappa shape index (κ2) is 4.12. The molecule has 1 saturated carbocycles. The smallest absolute Gasteiger partial charge is 0.169 e. The minimum Gasteiger partial charge on any atom is -0.492 e. The van der Waals surface area contributed by atoms with Gasteiger partial charge in [0.05, 0.1) is 11.6 Å². The Bertz CT molecular complexity index is 378. The number of methoxy groups -OCH3 is 1. The highest BCUT2D eigenvalue weighted by atomic mass is 79.9. The van der Waals surface area contributed by atoms with E-state index in [0.29, 0.717) is 16.1 Å². The van der Waals surface area contributed by atoms with E-state index in [4.69, 9.17) is 4.74 Å². The Morgan fingerprint density at radius 2 is 2.20 bits per heavy atom. The molecule has 0 bridgehead atoms. The first-order valence-electron chi connectivity index (χ1n) is 5.06. The van der Waals surface area contributed by atoms with Crippen LogP contribution in [0.3, 0.4) is 0 Å². The largest absolute Gasteiger partial charge is 0.492 e. The van der Waals surface area contributed by atoms with Gasteiger partial charge in [-0.15, -0.1) is 0 Å². The maximum Gasteiger partial charge on any atom is 0.169 e. The summed E-state index contributed by atoms with van der Waals surface area (Å²) in [6.07, 6.45) is 3.24. The van der Waals surface area contributed by atoms with Gasteiger partial charge in [0.2, 0.25) is 0 Å². The fraction of sp³-hybridized carbons (Fsp3) is 0.417. The summed E-state index contributed by atoms with van der Waals surface area (Å²) in [5, 5.41) is 0. The van der Waals surface area contributed by atoms with Gasteiger partial charge in [0, 0.05) is 0 Å². The predicted octanol–water partition coefficient (Wildman–Crippen LogP) is 3.92. The van der Waals surface area contributed by atoms with E-state index in [1.54, 1.807) is 0 Å². The number of ether oxygens (including phenoxy) is 1. The van der Waals surface area contributed by atoms with Gasteiger partial charge in [0.25, 0.3) is 0 Å². The second-order valence-corrected chi connectivity index (χ2v) is 4.63. The van der Waals surface area contributed by atoms with E-state index in [0.717, 1.165) is 12.0 Å². The van der Waals surface area contributed by atoms with Crippen LogP contribution in [0.1, 0.15) is 24.8 Å². The van der Waals surface area contributed by atoms with Gasteiger partial charge in [0.1, 0.15) is 0 Å². The molecule has 15 heavy (non-hydrogen) atoms. The third kappa shape index (κ3) is 1.89. The summed E-state index contributed by atoms with van der Waals surface area (Å²) in [5.41, 5.74) is 0.752. The molecule has 1 aliphatic carbocycles. The molecule has 0 aromatic heterocycles. The number of hydrogen-bond donors (Lipinski definition) is 0. The normalized spacial score (nSPS) is 24.0. The lowest BCUT2D eigenvalue weighted by molar-refractivity contribution is 0.381. The molecule has 2 unspecified atom stereocenters. The highest BCUT2D eigenvalue weighted by Gasteiger charge is 2.39. The summed E-state index contributed by atoms with van der Waals surface area (Å²) >= 11 is 3.27. The van der Waals surface area contributed by atoms with Crippen molar-refractivity contribution in [2.24, 2.45) is 5.92 Å². The summed E-state index contributed by atoms with van der Waals surface area (Å²) in [5.74, 6) is 0.883. The van der Waals surface area contributed by atoms with Gasteiger partial charge in [-0.05, 0) is 45.8 Å². The zero-order valence-electron chi connectivity index (χ0n) is 8.76. The monoisotopic (exact) mass is 271 g/mol. The maximum absolute atomic E-state index is 14.0. The molecule has 0 N–H and O–H groups in total. The molecule has 1 aromatic rings. The van der Waals surface area contributed by atoms with Gasteiger partial charge < -0.3 is 4.74 Å². The van der Waals surface area contributed by atoms with E-state index in [1.165, 1.54) is 7.11 Å². The molecular formula is C12H13BrFO. The number of rotatable bonds is 3. The van der Waals surface area contributed by atoms with Gasteiger partial charge in [-0.2, -0.15) is 0 Å². The third-order valence-corrected chi connectivity index (χ3v) is 3.51. The Labute approximate surface area is 97.8 Å². The molecule has 0 heterocycles. The van der Waals surface area contributed by atoms with E-state index >= 15 is 0 Å². The summed E-state index contributed by atoms with van der Waals surface area (Å²) in [7, 11) is 1.49. The maximum atomic E-state index is 14.0.